The van der Waals surface area contributed by atoms with Crippen molar-refractivity contribution in [2.24, 2.45) is 0 Å². The molecule has 0 heterocycles. The molecule has 0 rings (SSSR count). The summed E-state index contributed by atoms with van der Waals surface area (Å²) >= 11 is 0. The topological polar surface area (TPSA) is 37.3 Å². The number of hydrogen-bond acceptors (Lipinski definition) is 1. The van der Waals surface area contributed by atoms with Crippen LogP contribution in [0.15, 0.2) is 0 Å². The van der Waals surface area contributed by atoms with E-state index in [4.69, 9.17) is 9.90 Å². The summed E-state index contributed by atoms with van der Waals surface area (Å²) in [6.07, 6.45) is 0. The molecule has 0 radical (unpaired) electrons. The zero-order valence-corrected chi connectivity index (χ0v) is 1.43. The molecule has 0 spiro atoms. The van der Waals surface area contributed by atoms with E-state index in [1.807, 2.05) is 0 Å². The van der Waals surface area contributed by atoms with E-state index in [0.29, 0.717) is 0 Å². The van der Waals surface area contributed by atoms with Crippen LogP contribution in [-0.4, -0.2) is 63.0 Å². The summed E-state index contributed by atoms with van der Waals surface area (Å²) in [6.45, 7) is -0.250. The monoisotopic (exact) mass is 86.0 g/mol. The van der Waals surface area contributed by atoms with Gasteiger partial charge in [0.05, 0.1) is 0 Å². The molecule has 2 nitrogen and oxygen atoms in total. The standard InChI is InChI=1S/CH2O2.K.H/c2-1-3;;/h1H,(H,2,3);;. The first-order valence-electron chi connectivity index (χ1n) is 0.494. The van der Waals surface area contributed by atoms with Crippen molar-refractivity contribution in [3.63, 3.8) is 0 Å². The summed E-state index contributed by atoms with van der Waals surface area (Å²) in [5.74, 6) is 0. The summed E-state index contributed by atoms with van der Waals surface area (Å²) in [4.78, 5) is 8.36. The van der Waals surface area contributed by atoms with Crippen LogP contribution in [0.3, 0.4) is 0 Å². The van der Waals surface area contributed by atoms with Gasteiger partial charge in [0.2, 0.25) is 0 Å². The Balaban J connectivity index is 0. The van der Waals surface area contributed by atoms with Crippen LogP contribution in [-0.2, 0) is 4.79 Å². The molecule has 0 aliphatic rings. The average molecular weight is 86.1 g/mol. The molecule has 1 N–H and O–H groups in total. The second-order valence-electron chi connectivity index (χ2n) is 0.105. The van der Waals surface area contributed by atoms with Crippen LogP contribution in [0, 0.1) is 0 Å². The van der Waals surface area contributed by atoms with Crippen molar-refractivity contribution in [2.75, 3.05) is 0 Å². The van der Waals surface area contributed by atoms with E-state index in [1.54, 1.807) is 0 Å². The molecule has 0 saturated carbocycles. The van der Waals surface area contributed by atoms with E-state index < -0.39 is 0 Å². The van der Waals surface area contributed by atoms with Gasteiger partial charge >= 0.3 is 51.4 Å². The Morgan fingerprint density at radius 2 is 1.75 bits per heavy atom. The third-order valence-corrected chi connectivity index (χ3v) is 0. The predicted octanol–water partition coefficient (Wildman–Crippen LogP) is -0.948. The van der Waals surface area contributed by atoms with E-state index in [2.05, 4.69) is 0 Å². The molecule has 4 heavy (non-hydrogen) atoms. The van der Waals surface area contributed by atoms with Crippen molar-refractivity contribution in [3.05, 3.63) is 0 Å². The second-order valence-corrected chi connectivity index (χ2v) is 0.105. The van der Waals surface area contributed by atoms with Gasteiger partial charge in [-0.1, -0.05) is 0 Å². The third kappa shape index (κ3) is 11.3. The quantitative estimate of drug-likeness (QED) is 0.305. The average Bonchev–Trinajstić information content (AvgIpc) is 0.918. The molecular formula is CH3KO2. The summed E-state index contributed by atoms with van der Waals surface area (Å²) in [5.41, 5.74) is 0. The molecule has 0 atom stereocenters. The second kappa shape index (κ2) is 8.93. The van der Waals surface area contributed by atoms with E-state index in [1.165, 1.54) is 0 Å². The zero-order valence-electron chi connectivity index (χ0n) is 1.43. The summed E-state index contributed by atoms with van der Waals surface area (Å²) in [5, 5.41) is 6.89. The van der Waals surface area contributed by atoms with E-state index in [9.17, 15) is 0 Å². The summed E-state index contributed by atoms with van der Waals surface area (Å²) < 4.78 is 0. The van der Waals surface area contributed by atoms with Crippen molar-refractivity contribution < 1.29 is 9.90 Å². The van der Waals surface area contributed by atoms with Crippen molar-refractivity contribution >= 4 is 57.9 Å². The van der Waals surface area contributed by atoms with Crippen LogP contribution in [0.1, 0.15) is 0 Å². The Hall–Kier alpha value is 1.11. The number of rotatable bonds is 0. The first kappa shape index (κ1) is 8.92. The molecule has 0 aromatic heterocycles. The maximum atomic E-state index is 8.36. The molecule has 0 amide bonds. The zero-order chi connectivity index (χ0) is 2.71. The van der Waals surface area contributed by atoms with E-state index in [-0.39, 0.29) is 57.9 Å². The van der Waals surface area contributed by atoms with Crippen LogP contribution < -0.4 is 0 Å². The molecule has 3 heteroatoms. The first-order chi connectivity index (χ1) is 1.41. The van der Waals surface area contributed by atoms with Gasteiger partial charge in [-0.15, -0.1) is 0 Å². The van der Waals surface area contributed by atoms with Gasteiger partial charge < -0.3 is 5.11 Å². The van der Waals surface area contributed by atoms with Gasteiger partial charge in [-0.25, -0.2) is 0 Å². The fraction of sp³-hybridized carbons (Fsp3) is 0. The van der Waals surface area contributed by atoms with Gasteiger partial charge in [-0.2, -0.15) is 0 Å². The third-order valence-electron chi connectivity index (χ3n) is 0. The Morgan fingerprint density at radius 3 is 1.75 bits per heavy atom. The van der Waals surface area contributed by atoms with E-state index >= 15 is 0 Å². The Kier molecular flexibility index (Phi) is 19.9. The van der Waals surface area contributed by atoms with Gasteiger partial charge in [-0.3, -0.25) is 4.79 Å². The molecule has 20 valence electrons. The number of carbonyl (C=O) groups is 1. The molecule has 0 aromatic rings. The molecule has 0 fully saturated rings. The van der Waals surface area contributed by atoms with Gasteiger partial charge in [-0.05, 0) is 0 Å². The van der Waals surface area contributed by atoms with Crippen molar-refractivity contribution in [1.82, 2.24) is 0 Å². The van der Waals surface area contributed by atoms with Crippen molar-refractivity contribution in [1.29, 1.82) is 0 Å². The number of carboxylic acid groups (broad SMARTS) is 1. The maximum absolute atomic E-state index is 8.36. The molecule has 0 aromatic carbocycles. The molecule has 0 aliphatic heterocycles. The minimum absolute atomic E-state index is 0. The predicted molar refractivity (Wildman–Crippen MR) is 15.8 cm³/mol. The Labute approximate surface area is 66.6 Å². The van der Waals surface area contributed by atoms with Crippen molar-refractivity contribution in [2.45, 2.75) is 0 Å². The summed E-state index contributed by atoms with van der Waals surface area (Å²) in [7, 11) is 0. The van der Waals surface area contributed by atoms with Crippen LogP contribution in [0.2, 0.25) is 0 Å². The fourth-order valence-electron chi connectivity index (χ4n) is 0. The fourth-order valence-corrected chi connectivity index (χ4v) is 0. The Bertz CT molecular complexity index is 13.5. The SMILES string of the molecule is O=CO.[KH]. The van der Waals surface area contributed by atoms with Gasteiger partial charge in [0.1, 0.15) is 0 Å². The molecule has 0 aliphatic carbocycles. The molecule has 0 unspecified atom stereocenters. The molecule has 0 saturated heterocycles. The number of hydrogen-bond donors (Lipinski definition) is 1. The van der Waals surface area contributed by atoms with Crippen molar-refractivity contribution in [3.8, 4) is 0 Å². The summed E-state index contributed by atoms with van der Waals surface area (Å²) in [6, 6.07) is 0. The molecule has 0 bridgehead atoms. The van der Waals surface area contributed by atoms with Crippen LogP contribution in [0.25, 0.3) is 0 Å². The van der Waals surface area contributed by atoms with Gasteiger partial charge in [0, 0.05) is 0 Å². The van der Waals surface area contributed by atoms with Crippen LogP contribution >= 0.6 is 0 Å². The van der Waals surface area contributed by atoms with Gasteiger partial charge in [0.25, 0.3) is 6.47 Å². The normalized spacial score (nSPS) is 3.00. The first-order valence-corrected chi connectivity index (χ1v) is 0.494. The minimum atomic E-state index is -0.250. The molecular weight excluding hydrogens is 83.1 g/mol. The van der Waals surface area contributed by atoms with Crippen LogP contribution in [0.4, 0.5) is 0 Å². The van der Waals surface area contributed by atoms with Crippen LogP contribution in [0.5, 0.6) is 0 Å². The Morgan fingerprint density at radius 1 is 1.75 bits per heavy atom. The van der Waals surface area contributed by atoms with E-state index in [0.717, 1.165) is 0 Å². The van der Waals surface area contributed by atoms with Gasteiger partial charge in [0.15, 0.2) is 0 Å².